The first-order chi connectivity index (χ1) is 6.15. The summed E-state index contributed by atoms with van der Waals surface area (Å²) >= 11 is 1.82. The zero-order valence-corrected chi connectivity index (χ0v) is 8.67. The van der Waals surface area contributed by atoms with E-state index in [4.69, 9.17) is 5.73 Å². The van der Waals surface area contributed by atoms with E-state index in [9.17, 15) is 4.79 Å². The van der Waals surface area contributed by atoms with Crippen molar-refractivity contribution in [2.24, 2.45) is 5.73 Å². The molecule has 2 N–H and O–H groups in total. The number of carbonyl (C=O) groups excluding carboxylic acids is 1. The van der Waals surface area contributed by atoms with Gasteiger partial charge in [0.2, 0.25) is 5.91 Å². The Labute approximate surface area is 82.7 Å². The van der Waals surface area contributed by atoms with Crippen LogP contribution >= 0.6 is 11.8 Å². The third kappa shape index (κ3) is 2.52. The highest BCUT2D eigenvalue weighted by Gasteiger charge is 2.14. The van der Waals surface area contributed by atoms with E-state index in [2.05, 4.69) is 6.92 Å². The molecular weight excluding hydrogens is 184 g/mol. The van der Waals surface area contributed by atoms with Gasteiger partial charge in [-0.1, -0.05) is 13.0 Å². The van der Waals surface area contributed by atoms with Gasteiger partial charge in [0, 0.05) is 13.2 Å². The number of nitrogens with zero attached hydrogens (tertiary/aromatic N) is 1. The van der Waals surface area contributed by atoms with Gasteiger partial charge in [-0.2, -0.15) is 0 Å². The second-order valence-corrected chi connectivity index (χ2v) is 4.21. The molecule has 1 unspecified atom stereocenters. The van der Waals surface area contributed by atoms with E-state index in [0.29, 0.717) is 10.9 Å². The molecule has 1 rings (SSSR count). The molecule has 3 nitrogen and oxygen atoms in total. The minimum Gasteiger partial charge on any atom is -0.366 e. The molecule has 0 spiro atoms. The largest absolute Gasteiger partial charge is 0.366 e. The quantitative estimate of drug-likeness (QED) is 0.734. The number of likely N-dealkylation sites (N-methyl/N-ethyl adjacent to an activating group) is 1. The third-order valence-electron chi connectivity index (χ3n) is 1.81. The van der Waals surface area contributed by atoms with E-state index in [1.54, 1.807) is 12.3 Å². The van der Waals surface area contributed by atoms with Crippen LogP contribution in [0.1, 0.15) is 6.92 Å². The van der Waals surface area contributed by atoms with Crippen molar-refractivity contribution in [2.45, 2.75) is 12.3 Å². The van der Waals surface area contributed by atoms with Crippen LogP contribution in [0.3, 0.4) is 0 Å². The van der Waals surface area contributed by atoms with E-state index in [0.717, 1.165) is 5.75 Å². The van der Waals surface area contributed by atoms with Gasteiger partial charge in [0.15, 0.2) is 0 Å². The lowest BCUT2D eigenvalue weighted by molar-refractivity contribution is -0.114. The van der Waals surface area contributed by atoms with Crippen molar-refractivity contribution in [1.29, 1.82) is 0 Å². The van der Waals surface area contributed by atoms with Gasteiger partial charge >= 0.3 is 0 Å². The molecule has 0 aliphatic carbocycles. The molecule has 13 heavy (non-hydrogen) atoms. The first-order valence-electron chi connectivity index (χ1n) is 4.18. The lowest BCUT2D eigenvalue weighted by Gasteiger charge is -2.26. The Morgan fingerprint density at radius 1 is 1.77 bits per heavy atom. The summed E-state index contributed by atoms with van der Waals surface area (Å²) in [5, 5.41) is 0.327. The van der Waals surface area contributed by atoms with Crippen LogP contribution < -0.4 is 5.73 Å². The summed E-state index contributed by atoms with van der Waals surface area (Å²) in [5.41, 5.74) is 5.72. The molecule has 1 aliphatic rings. The van der Waals surface area contributed by atoms with Gasteiger partial charge in [0.05, 0.1) is 10.9 Å². The predicted octanol–water partition coefficient (Wildman–Crippen LogP) is 0.936. The molecule has 1 amide bonds. The van der Waals surface area contributed by atoms with Crippen LogP contribution in [0.2, 0.25) is 0 Å². The van der Waals surface area contributed by atoms with Gasteiger partial charge in [0.1, 0.15) is 0 Å². The number of hydrogen-bond acceptors (Lipinski definition) is 3. The van der Waals surface area contributed by atoms with Crippen molar-refractivity contribution in [3.8, 4) is 0 Å². The summed E-state index contributed by atoms with van der Waals surface area (Å²) in [6, 6.07) is 0. The average molecular weight is 198 g/mol. The molecule has 1 heterocycles. The molecule has 0 bridgehead atoms. The number of primary amides is 1. The second-order valence-electron chi connectivity index (χ2n) is 2.82. The Bertz CT molecular complexity index is 260. The topological polar surface area (TPSA) is 46.3 Å². The van der Waals surface area contributed by atoms with Gasteiger partial charge in [-0.3, -0.25) is 4.79 Å². The molecule has 0 radical (unpaired) electrons. The summed E-state index contributed by atoms with van der Waals surface area (Å²) in [7, 11) is 1.94. The summed E-state index contributed by atoms with van der Waals surface area (Å²) in [4.78, 5) is 12.8. The fourth-order valence-corrected chi connectivity index (χ4v) is 1.97. The number of rotatable bonds is 3. The van der Waals surface area contributed by atoms with Crippen LogP contribution in [0.15, 0.2) is 23.9 Å². The number of hydrogen-bond donors (Lipinski definition) is 1. The van der Waals surface area contributed by atoms with E-state index in [1.807, 2.05) is 29.8 Å². The van der Waals surface area contributed by atoms with Crippen molar-refractivity contribution in [1.82, 2.24) is 4.90 Å². The lowest BCUT2D eigenvalue weighted by Crippen LogP contribution is -2.27. The third-order valence-corrected chi connectivity index (χ3v) is 2.97. The van der Waals surface area contributed by atoms with E-state index in [1.165, 1.54) is 0 Å². The standard InChI is InChI=1S/C9H14N2OS/c1-3-13-8-5-4-7(9(10)12)6-11(8)2/h4-6,8H,3H2,1-2H3,(H2,10,12). The maximum absolute atomic E-state index is 10.8. The van der Waals surface area contributed by atoms with E-state index >= 15 is 0 Å². The Morgan fingerprint density at radius 2 is 2.46 bits per heavy atom. The molecule has 0 aromatic rings. The van der Waals surface area contributed by atoms with Gasteiger partial charge in [-0.25, -0.2) is 0 Å². The number of carbonyl (C=O) groups is 1. The van der Waals surface area contributed by atoms with Crippen molar-refractivity contribution in [3.63, 3.8) is 0 Å². The molecular formula is C9H14N2OS. The second kappa shape index (κ2) is 4.37. The number of amides is 1. The van der Waals surface area contributed by atoms with Crippen LogP contribution in [-0.2, 0) is 4.79 Å². The first kappa shape index (κ1) is 10.2. The molecule has 1 aliphatic heterocycles. The minimum atomic E-state index is -0.372. The lowest BCUT2D eigenvalue weighted by atomic mass is 10.2. The maximum Gasteiger partial charge on any atom is 0.250 e. The fraction of sp³-hybridized carbons (Fsp3) is 0.444. The molecule has 0 saturated carbocycles. The zero-order chi connectivity index (χ0) is 9.84. The molecule has 0 aromatic heterocycles. The Kier molecular flexibility index (Phi) is 3.42. The number of thioether (sulfide) groups is 1. The molecule has 1 atom stereocenters. The maximum atomic E-state index is 10.8. The minimum absolute atomic E-state index is 0.327. The first-order valence-corrected chi connectivity index (χ1v) is 5.23. The monoisotopic (exact) mass is 198 g/mol. The molecule has 4 heteroatoms. The highest BCUT2D eigenvalue weighted by Crippen LogP contribution is 2.20. The molecule has 0 fully saturated rings. The highest BCUT2D eigenvalue weighted by molar-refractivity contribution is 7.99. The molecule has 0 saturated heterocycles. The summed E-state index contributed by atoms with van der Waals surface area (Å²) < 4.78 is 0. The Hall–Kier alpha value is -0.900. The van der Waals surface area contributed by atoms with E-state index in [-0.39, 0.29) is 5.91 Å². The summed E-state index contributed by atoms with van der Waals surface area (Å²) in [6.07, 6.45) is 5.57. The smallest absolute Gasteiger partial charge is 0.250 e. The van der Waals surface area contributed by atoms with E-state index < -0.39 is 0 Å². The Morgan fingerprint density at radius 3 is 2.92 bits per heavy atom. The van der Waals surface area contributed by atoms with Crippen LogP contribution in [0.25, 0.3) is 0 Å². The van der Waals surface area contributed by atoms with Crippen molar-refractivity contribution in [2.75, 3.05) is 12.8 Å². The van der Waals surface area contributed by atoms with Crippen molar-refractivity contribution < 1.29 is 4.79 Å². The normalized spacial score (nSPS) is 21.5. The fourth-order valence-electron chi connectivity index (χ4n) is 1.15. The zero-order valence-electron chi connectivity index (χ0n) is 7.86. The number of nitrogens with two attached hydrogens (primary N) is 1. The average Bonchev–Trinajstić information content (AvgIpc) is 2.08. The molecule has 72 valence electrons. The van der Waals surface area contributed by atoms with Crippen molar-refractivity contribution >= 4 is 17.7 Å². The van der Waals surface area contributed by atoms with Gasteiger partial charge in [-0.15, -0.1) is 11.8 Å². The highest BCUT2D eigenvalue weighted by atomic mass is 32.2. The van der Waals surface area contributed by atoms with Crippen LogP contribution in [-0.4, -0.2) is 29.0 Å². The van der Waals surface area contributed by atoms with Crippen LogP contribution in [0.4, 0.5) is 0 Å². The van der Waals surface area contributed by atoms with Crippen molar-refractivity contribution in [3.05, 3.63) is 23.9 Å². The summed E-state index contributed by atoms with van der Waals surface area (Å²) in [6.45, 7) is 2.11. The summed E-state index contributed by atoms with van der Waals surface area (Å²) in [5.74, 6) is 0.682. The van der Waals surface area contributed by atoms with Gasteiger partial charge in [0.25, 0.3) is 0 Å². The molecule has 0 aromatic carbocycles. The predicted molar refractivity (Wildman–Crippen MR) is 56.1 cm³/mol. The van der Waals surface area contributed by atoms with Gasteiger partial charge < -0.3 is 10.6 Å². The Balaban J connectivity index is 2.67. The van der Waals surface area contributed by atoms with Crippen LogP contribution in [0, 0.1) is 0 Å². The van der Waals surface area contributed by atoms with Gasteiger partial charge in [-0.05, 0) is 11.8 Å². The van der Waals surface area contributed by atoms with Crippen LogP contribution in [0.5, 0.6) is 0 Å². The SMILES string of the molecule is CCSC1C=CC(C(N)=O)=CN1C.